The van der Waals surface area contributed by atoms with E-state index in [1.165, 1.54) is 11.8 Å². The zero-order valence-electron chi connectivity index (χ0n) is 23.3. The normalized spacial score (nSPS) is 14.8. The topological polar surface area (TPSA) is 92.8 Å². The molecule has 210 valence electrons. The Morgan fingerprint density at radius 1 is 0.837 bits per heavy atom. The standard InChI is InChI=1S/C34H26N6O2S/c1-22-12-11-19-26-30(22)35-34(40-32(26)36-33(42)31(38-40)25-17-9-4-10-18-25)43-21-29(41)39-28(24-15-7-3-8-16-24)20-27(37-39)23-13-5-2-6-14-23/h2-19,28H,20-21H2,1H3. The maximum Gasteiger partial charge on any atom is 0.300 e. The van der Waals surface area contributed by atoms with Gasteiger partial charge in [0.1, 0.15) is 0 Å². The molecule has 0 radical (unpaired) electrons. The second kappa shape index (κ2) is 11.3. The van der Waals surface area contributed by atoms with Crippen LogP contribution in [0, 0.1) is 6.92 Å². The fraction of sp³-hybridized carbons (Fsp3) is 0.118. The van der Waals surface area contributed by atoms with Gasteiger partial charge in [0.15, 0.2) is 16.5 Å². The number of fused-ring (bicyclic) bond motifs is 3. The van der Waals surface area contributed by atoms with Gasteiger partial charge in [0.25, 0.3) is 11.5 Å². The number of amides is 1. The maximum atomic E-state index is 13.9. The molecule has 3 heterocycles. The quantitative estimate of drug-likeness (QED) is 0.134. The lowest BCUT2D eigenvalue weighted by Gasteiger charge is -2.22. The van der Waals surface area contributed by atoms with Crippen molar-refractivity contribution in [2.75, 3.05) is 5.75 Å². The molecule has 6 aromatic rings. The van der Waals surface area contributed by atoms with Crippen LogP contribution in [0.25, 0.3) is 27.8 Å². The molecular formula is C34H26N6O2S. The van der Waals surface area contributed by atoms with Gasteiger partial charge in [0.05, 0.1) is 23.0 Å². The minimum Gasteiger partial charge on any atom is -0.272 e. The molecule has 7 rings (SSSR count). The monoisotopic (exact) mass is 582 g/mol. The number of carbonyl (C=O) groups excluding carboxylic acids is 1. The Labute approximate surface area is 251 Å². The molecule has 0 fully saturated rings. The Morgan fingerprint density at radius 3 is 2.23 bits per heavy atom. The van der Waals surface area contributed by atoms with Crippen LogP contribution in [-0.4, -0.2) is 42.0 Å². The molecule has 2 aromatic heterocycles. The Balaban J connectivity index is 1.28. The number of thioether (sulfide) groups is 1. The van der Waals surface area contributed by atoms with Gasteiger partial charge >= 0.3 is 0 Å². The van der Waals surface area contributed by atoms with E-state index >= 15 is 0 Å². The summed E-state index contributed by atoms with van der Waals surface area (Å²) in [5, 5.41) is 12.3. The lowest BCUT2D eigenvalue weighted by atomic mass is 9.98. The number of para-hydroxylation sites is 1. The fourth-order valence-corrected chi connectivity index (χ4v) is 6.16. The largest absolute Gasteiger partial charge is 0.300 e. The Morgan fingerprint density at radius 2 is 1.51 bits per heavy atom. The van der Waals surface area contributed by atoms with Crippen molar-refractivity contribution in [3.05, 3.63) is 136 Å². The van der Waals surface area contributed by atoms with Gasteiger partial charge in [0.2, 0.25) is 0 Å². The number of carbonyl (C=O) groups is 1. The van der Waals surface area contributed by atoms with E-state index in [2.05, 4.69) is 4.98 Å². The summed E-state index contributed by atoms with van der Waals surface area (Å²) in [4.78, 5) is 36.4. The summed E-state index contributed by atoms with van der Waals surface area (Å²) in [6, 6.07) is 34.7. The zero-order valence-corrected chi connectivity index (χ0v) is 24.1. The number of rotatable bonds is 6. The fourth-order valence-electron chi connectivity index (χ4n) is 5.37. The molecule has 1 unspecified atom stereocenters. The summed E-state index contributed by atoms with van der Waals surface area (Å²) in [7, 11) is 0. The van der Waals surface area contributed by atoms with Gasteiger partial charge in [-0.1, -0.05) is 115 Å². The van der Waals surface area contributed by atoms with Crippen molar-refractivity contribution in [3.8, 4) is 11.3 Å². The van der Waals surface area contributed by atoms with Crippen LogP contribution in [0.3, 0.4) is 0 Å². The summed E-state index contributed by atoms with van der Waals surface area (Å²) < 4.78 is 1.58. The SMILES string of the molecule is Cc1cccc2c1nc(SCC(=O)N1N=C(c3ccccc3)CC1c1ccccc1)n1nc(-c3ccccc3)c(=O)nc21. The molecule has 0 bridgehead atoms. The first-order chi connectivity index (χ1) is 21.1. The number of hydrazone groups is 1. The number of nitrogens with zero attached hydrogens (tertiary/aromatic N) is 6. The molecule has 43 heavy (non-hydrogen) atoms. The smallest absolute Gasteiger partial charge is 0.272 e. The average Bonchev–Trinajstić information content (AvgIpc) is 3.51. The zero-order chi connectivity index (χ0) is 29.3. The second-order valence-corrected chi connectivity index (χ2v) is 11.2. The predicted octanol–water partition coefficient (Wildman–Crippen LogP) is 6.08. The molecule has 8 nitrogen and oxygen atoms in total. The van der Waals surface area contributed by atoms with E-state index in [1.807, 2.05) is 116 Å². The molecule has 1 amide bonds. The van der Waals surface area contributed by atoms with Crippen molar-refractivity contribution >= 4 is 39.9 Å². The molecule has 1 atom stereocenters. The van der Waals surface area contributed by atoms with Crippen LogP contribution in [0.15, 0.2) is 124 Å². The van der Waals surface area contributed by atoms with Crippen molar-refractivity contribution in [2.45, 2.75) is 24.5 Å². The highest BCUT2D eigenvalue weighted by molar-refractivity contribution is 7.99. The molecule has 1 aliphatic heterocycles. The Hall–Kier alpha value is -5.15. The van der Waals surface area contributed by atoms with Crippen LogP contribution in [0.2, 0.25) is 0 Å². The summed E-state index contributed by atoms with van der Waals surface area (Å²) >= 11 is 1.26. The van der Waals surface area contributed by atoms with Crippen LogP contribution in [0.4, 0.5) is 0 Å². The van der Waals surface area contributed by atoms with E-state index < -0.39 is 5.56 Å². The first-order valence-corrected chi connectivity index (χ1v) is 14.9. The third-order valence-corrected chi connectivity index (χ3v) is 8.42. The molecule has 9 heteroatoms. The molecule has 0 N–H and O–H groups in total. The number of hydrogen-bond acceptors (Lipinski definition) is 7. The third kappa shape index (κ3) is 5.08. The minimum atomic E-state index is -0.419. The first kappa shape index (κ1) is 26.7. The minimum absolute atomic E-state index is 0.0723. The highest BCUT2D eigenvalue weighted by Crippen LogP contribution is 2.34. The molecule has 1 aliphatic rings. The molecule has 0 saturated carbocycles. The lowest BCUT2D eigenvalue weighted by molar-refractivity contribution is -0.130. The van der Waals surface area contributed by atoms with E-state index in [4.69, 9.17) is 15.2 Å². The van der Waals surface area contributed by atoms with E-state index in [0.29, 0.717) is 28.3 Å². The number of aryl methyl sites for hydroxylation is 1. The predicted molar refractivity (Wildman–Crippen MR) is 169 cm³/mol. The van der Waals surface area contributed by atoms with Crippen LogP contribution < -0.4 is 5.56 Å². The van der Waals surface area contributed by atoms with Crippen LogP contribution in [0.5, 0.6) is 0 Å². The average molecular weight is 583 g/mol. The summed E-state index contributed by atoms with van der Waals surface area (Å²) in [6.45, 7) is 1.96. The van der Waals surface area contributed by atoms with Gasteiger partial charge in [0, 0.05) is 17.4 Å². The van der Waals surface area contributed by atoms with Crippen LogP contribution >= 0.6 is 11.8 Å². The maximum absolute atomic E-state index is 13.9. The molecule has 0 spiro atoms. The van der Waals surface area contributed by atoms with Gasteiger partial charge in [-0.05, 0) is 29.7 Å². The van der Waals surface area contributed by atoms with Crippen molar-refractivity contribution in [3.63, 3.8) is 0 Å². The van der Waals surface area contributed by atoms with Crippen molar-refractivity contribution in [1.82, 2.24) is 24.6 Å². The number of benzene rings is 4. The number of hydrogen-bond donors (Lipinski definition) is 0. The Kier molecular flexibility index (Phi) is 7.00. The van der Waals surface area contributed by atoms with Crippen molar-refractivity contribution in [1.29, 1.82) is 0 Å². The molecule has 0 saturated heterocycles. The lowest BCUT2D eigenvalue weighted by Crippen LogP contribution is -2.28. The second-order valence-electron chi connectivity index (χ2n) is 10.3. The highest BCUT2D eigenvalue weighted by atomic mass is 32.2. The summed E-state index contributed by atoms with van der Waals surface area (Å²) in [5.74, 6) is -0.0787. The summed E-state index contributed by atoms with van der Waals surface area (Å²) in [6.07, 6.45) is 0.619. The van der Waals surface area contributed by atoms with Gasteiger partial charge in [-0.3, -0.25) is 9.59 Å². The van der Waals surface area contributed by atoms with E-state index in [1.54, 1.807) is 9.52 Å². The van der Waals surface area contributed by atoms with E-state index in [9.17, 15) is 9.59 Å². The van der Waals surface area contributed by atoms with Gasteiger partial charge in [-0.25, -0.2) is 9.99 Å². The van der Waals surface area contributed by atoms with Crippen molar-refractivity contribution in [2.24, 2.45) is 5.10 Å². The molecular weight excluding hydrogens is 556 g/mol. The third-order valence-electron chi connectivity index (χ3n) is 7.51. The first-order valence-electron chi connectivity index (χ1n) is 14.0. The Bertz CT molecular complexity index is 2060. The van der Waals surface area contributed by atoms with Crippen LogP contribution in [-0.2, 0) is 4.79 Å². The number of aromatic nitrogens is 4. The molecule has 4 aromatic carbocycles. The van der Waals surface area contributed by atoms with Gasteiger partial charge in [-0.15, -0.1) is 0 Å². The molecule has 0 aliphatic carbocycles. The van der Waals surface area contributed by atoms with Gasteiger partial charge < -0.3 is 0 Å². The van der Waals surface area contributed by atoms with Crippen molar-refractivity contribution < 1.29 is 4.79 Å². The van der Waals surface area contributed by atoms with E-state index in [-0.39, 0.29) is 23.4 Å². The summed E-state index contributed by atoms with van der Waals surface area (Å²) in [5.41, 5.74) is 5.42. The highest BCUT2D eigenvalue weighted by Gasteiger charge is 2.33. The van der Waals surface area contributed by atoms with Gasteiger partial charge in [-0.2, -0.15) is 19.7 Å². The van der Waals surface area contributed by atoms with Crippen LogP contribution in [0.1, 0.15) is 29.2 Å². The van der Waals surface area contributed by atoms with E-state index in [0.717, 1.165) is 27.8 Å².